The fourth-order valence-electron chi connectivity index (χ4n) is 4.05. The van der Waals surface area contributed by atoms with E-state index < -0.39 is 0 Å². The van der Waals surface area contributed by atoms with Gasteiger partial charge < -0.3 is 10.6 Å². The zero-order valence-corrected chi connectivity index (χ0v) is 15.6. The van der Waals surface area contributed by atoms with Gasteiger partial charge in [-0.3, -0.25) is 4.79 Å². The van der Waals surface area contributed by atoms with E-state index in [9.17, 15) is 4.79 Å². The number of hydrogen-bond acceptors (Lipinski definition) is 4. The highest BCUT2D eigenvalue weighted by Crippen LogP contribution is 2.33. The highest BCUT2D eigenvalue weighted by atomic mass is 35.5. The van der Waals surface area contributed by atoms with Crippen molar-refractivity contribution in [3.05, 3.63) is 45.9 Å². The van der Waals surface area contributed by atoms with E-state index in [0.717, 1.165) is 34.7 Å². The van der Waals surface area contributed by atoms with Crippen LogP contribution in [0.4, 0.5) is 5.13 Å². The van der Waals surface area contributed by atoms with E-state index in [1.807, 2.05) is 30.5 Å². The number of aromatic nitrogens is 1. The molecule has 132 valence electrons. The topological polar surface area (TPSA) is 54.0 Å². The third-order valence-electron chi connectivity index (χ3n) is 5.17. The number of nitrogens with one attached hydrogen (secondary N) is 2. The van der Waals surface area contributed by atoms with Crippen LogP contribution in [0, 0.1) is 5.92 Å². The molecule has 6 heteroatoms. The van der Waals surface area contributed by atoms with Crippen molar-refractivity contribution in [1.82, 2.24) is 10.3 Å². The summed E-state index contributed by atoms with van der Waals surface area (Å²) in [5.41, 5.74) is 1.08. The molecule has 0 radical (unpaired) electrons. The van der Waals surface area contributed by atoms with Crippen LogP contribution in [-0.4, -0.2) is 23.0 Å². The molecule has 4 nitrogen and oxygen atoms in total. The molecule has 2 bridgehead atoms. The number of fused-ring (bicyclic) bond motifs is 2. The molecule has 1 aromatic carbocycles. The van der Waals surface area contributed by atoms with Gasteiger partial charge in [-0.2, -0.15) is 0 Å². The lowest BCUT2D eigenvalue weighted by Gasteiger charge is -2.28. The zero-order chi connectivity index (χ0) is 17.2. The molecule has 2 fully saturated rings. The van der Waals surface area contributed by atoms with E-state index in [2.05, 4.69) is 15.6 Å². The van der Waals surface area contributed by atoms with Gasteiger partial charge in [-0.1, -0.05) is 29.8 Å². The number of benzene rings is 1. The average molecular weight is 376 g/mol. The van der Waals surface area contributed by atoms with Crippen molar-refractivity contribution < 1.29 is 4.79 Å². The molecule has 3 heterocycles. The van der Waals surface area contributed by atoms with Crippen LogP contribution in [0.2, 0.25) is 5.02 Å². The standard InChI is InChI=1S/C19H22ClN3OS/c20-17-4-2-1-3-13(17)10-16-11-21-19(25-16)23-18(24)9-12-7-14-5-6-15(8-12)22-14/h1-4,11-12,14-15,22H,5-10H2,(H,21,23,24). The van der Waals surface area contributed by atoms with E-state index in [0.29, 0.717) is 29.6 Å². The summed E-state index contributed by atoms with van der Waals surface area (Å²) >= 11 is 7.74. The number of nitrogens with zero attached hydrogens (tertiary/aromatic N) is 1. The Morgan fingerprint density at radius 1 is 1.28 bits per heavy atom. The fraction of sp³-hybridized carbons (Fsp3) is 0.474. The summed E-state index contributed by atoms with van der Waals surface area (Å²) in [5, 5.41) is 8.05. The van der Waals surface area contributed by atoms with Crippen LogP contribution in [-0.2, 0) is 11.2 Å². The first kappa shape index (κ1) is 17.0. The number of rotatable bonds is 5. The van der Waals surface area contributed by atoms with Crippen molar-refractivity contribution in [1.29, 1.82) is 0 Å². The summed E-state index contributed by atoms with van der Waals surface area (Å²) in [5.74, 6) is 0.589. The van der Waals surface area contributed by atoms with Crippen molar-refractivity contribution in [3.8, 4) is 0 Å². The minimum atomic E-state index is 0.0879. The number of carbonyl (C=O) groups is 1. The Hall–Kier alpha value is -1.43. The van der Waals surface area contributed by atoms with Crippen LogP contribution in [0.3, 0.4) is 0 Å². The van der Waals surface area contributed by atoms with Gasteiger partial charge in [0.2, 0.25) is 5.91 Å². The summed E-state index contributed by atoms with van der Waals surface area (Å²) < 4.78 is 0. The first-order chi connectivity index (χ1) is 12.2. The third kappa shape index (κ3) is 4.22. The van der Waals surface area contributed by atoms with E-state index in [1.54, 1.807) is 0 Å². The van der Waals surface area contributed by atoms with Crippen molar-refractivity contribution >= 4 is 34.0 Å². The number of hydrogen-bond donors (Lipinski definition) is 2. The molecular weight excluding hydrogens is 354 g/mol. The predicted octanol–water partition coefficient (Wildman–Crippen LogP) is 4.25. The molecule has 25 heavy (non-hydrogen) atoms. The van der Waals surface area contributed by atoms with Gasteiger partial charge in [0.15, 0.2) is 5.13 Å². The van der Waals surface area contributed by atoms with Crippen LogP contribution >= 0.6 is 22.9 Å². The van der Waals surface area contributed by atoms with Crippen LogP contribution in [0.25, 0.3) is 0 Å². The number of thiazole rings is 1. The van der Waals surface area contributed by atoms with Gasteiger partial charge >= 0.3 is 0 Å². The molecule has 1 aromatic heterocycles. The molecule has 0 aliphatic carbocycles. The molecule has 2 unspecified atom stereocenters. The molecule has 4 rings (SSSR count). The quantitative estimate of drug-likeness (QED) is 0.821. The maximum Gasteiger partial charge on any atom is 0.226 e. The van der Waals surface area contributed by atoms with Gasteiger partial charge in [-0.25, -0.2) is 4.98 Å². The second-order valence-electron chi connectivity index (χ2n) is 7.13. The van der Waals surface area contributed by atoms with Crippen LogP contribution in [0.1, 0.15) is 42.5 Å². The summed E-state index contributed by atoms with van der Waals surface area (Å²) in [7, 11) is 0. The first-order valence-corrected chi connectivity index (χ1v) is 10.1. The van der Waals surface area contributed by atoms with Crippen molar-refractivity contribution in [3.63, 3.8) is 0 Å². The number of halogens is 1. The highest BCUT2D eigenvalue weighted by Gasteiger charge is 2.34. The van der Waals surface area contributed by atoms with Gasteiger partial charge in [0.25, 0.3) is 0 Å². The van der Waals surface area contributed by atoms with Gasteiger partial charge in [-0.15, -0.1) is 11.3 Å². The fourth-order valence-corrected chi connectivity index (χ4v) is 5.11. The third-order valence-corrected chi connectivity index (χ3v) is 6.45. The number of carbonyl (C=O) groups excluding carboxylic acids is 1. The highest BCUT2D eigenvalue weighted by molar-refractivity contribution is 7.15. The van der Waals surface area contributed by atoms with Gasteiger partial charge in [-0.05, 0) is 43.2 Å². The summed E-state index contributed by atoms with van der Waals surface area (Å²) in [6.45, 7) is 0. The smallest absolute Gasteiger partial charge is 0.226 e. The molecule has 0 saturated carbocycles. The largest absolute Gasteiger partial charge is 0.311 e. The molecule has 2 aliphatic heterocycles. The average Bonchev–Trinajstić information content (AvgIpc) is 3.15. The Morgan fingerprint density at radius 2 is 2.04 bits per heavy atom. The second-order valence-corrected chi connectivity index (χ2v) is 8.65. The van der Waals surface area contributed by atoms with Crippen LogP contribution in [0.5, 0.6) is 0 Å². The van der Waals surface area contributed by atoms with Crippen molar-refractivity contribution in [2.75, 3.05) is 5.32 Å². The molecule has 2 aromatic rings. The molecule has 1 amide bonds. The minimum absolute atomic E-state index is 0.0879. The molecule has 2 atom stereocenters. The summed E-state index contributed by atoms with van der Waals surface area (Å²) in [6, 6.07) is 9.07. The Bertz CT molecular complexity index is 751. The van der Waals surface area contributed by atoms with Crippen LogP contribution < -0.4 is 10.6 Å². The van der Waals surface area contributed by atoms with Gasteiger partial charge in [0.05, 0.1) is 0 Å². The molecule has 2 N–H and O–H groups in total. The first-order valence-electron chi connectivity index (χ1n) is 8.89. The number of piperidine rings is 1. The normalized spacial score (nSPS) is 25.1. The Labute approximate surface area is 157 Å². The predicted molar refractivity (Wildman–Crippen MR) is 102 cm³/mol. The lowest BCUT2D eigenvalue weighted by Crippen LogP contribution is -2.39. The van der Waals surface area contributed by atoms with E-state index in [4.69, 9.17) is 11.6 Å². The molecule has 0 spiro atoms. The minimum Gasteiger partial charge on any atom is -0.311 e. The zero-order valence-electron chi connectivity index (χ0n) is 14.0. The second kappa shape index (κ2) is 7.44. The monoisotopic (exact) mass is 375 g/mol. The SMILES string of the molecule is O=C(CC1CC2CCC(C1)N2)Nc1ncc(Cc2ccccc2Cl)s1. The summed E-state index contributed by atoms with van der Waals surface area (Å²) in [4.78, 5) is 17.8. The van der Waals surface area contributed by atoms with E-state index in [1.165, 1.54) is 24.2 Å². The molecule has 2 aliphatic rings. The van der Waals surface area contributed by atoms with Crippen LogP contribution in [0.15, 0.2) is 30.5 Å². The maximum atomic E-state index is 12.4. The lowest BCUT2D eigenvalue weighted by atomic mass is 9.89. The molecule has 2 saturated heterocycles. The number of anilines is 1. The Balaban J connectivity index is 1.31. The van der Waals surface area contributed by atoms with Crippen molar-refractivity contribution in [2.45, 2.75) is 50.6 Å². The van der Waals surface area contributed by atoms with E-state index in [-0.39, 0.29) is 5.91 Å². The van der Waals surface area contributed by atoms with Crippen molar-refractivity contribution in [2.24, 2.45) is 5.92 Å². The number of amides is 1. The Morgan fingerprint density at radius 3 is 2.80 bits per heavy atom. The van der Waals surface area contributed by atoms with Gasteiger partial charge in [0.1, 0.15) is 0 Å². The van der Waals surface area contributed by atoms with E-state index >= 15 is 0 Å². The Kier molecular flexibility index (Phi) is 5.06. The van der Waals surface area contributed by atoms with Gasteiger partial charge in [0, 0.05) is 41.0 Å². The summed E-state index contributed by atoms with van der Waals surface area (Å²) in [6.07, 6.45) is 7.95. The molecular formula is C19H22ClN3OS. The lowest BCUT2D eigenvalue weighted by molar-refractivity contribution is -0.117. The maximum absolute atomic E-state index is 12.4.